The number of ether oxygens (including phenoxy) is 1. The van der Waals surface area contributed by atoms with Crippen LogP contribution in [-0.4, -0.2) is 47.2 Å². The quantitative estimate of drug-likeness (QED) is 0.845. The summed E-state index contributed by atoms with van der Waals surface area (Å²) in [4.78, 5) is 24.8. The summed E-state index contributed by atoms with van der Waals surface area (Å²) in [5.74, 6) is 0.0976. The zero-order valence-electron chi connectivity index (χ0n) is 11.2. The number of carboxylic acid groups (broad SMARTS) is 1. The van der Waals surface area contributed by atoms with Gasteiger partial charge in [0.25, 0.3) is 5.91 Å². The molecule has 0 radical (unpaired) electrons. The molecule has 0 bridgehead atoms. The number of carboxylic acids is 1. The van der Waals surface area contributed by atoms with E-state index in [0.29, 0.717) is 0 Å². The van der Waals surface area contributed by atoms with Crippen molar-refractivity contribution in [1.82, 2.24) is 4.90 Å². The highest BCUT2D eigenvalue weighted by molar-refractivity contribution is 5.97. The zero-order chi connectivity index (χ0) is 15.4. The predicted molar refractivity (Wildman–Crippen MR) is 72.1 cm³/mol. The fourth-order valence-corrected chi connectivity index (χ4v) is 2.33. The Morgan fingerprint density at radius 1 is 1.52 bits per heavy atom. The number of nitrogens with zero attached hydrogens (tertiary/aromatic N) is 1. The second kappa shape index (κ2) is 6.37. The molecule has 1 amide bonds. The van der Waals surface area contributed by atoms with Gasteiger partial charge in [0.15, 0.2) is 0 Å². The molecule has 110 valence electrons. The molecule has 0 aromatic heterocycles. The van der Waals surface area contributed by atoms with Gasteiger partial charge in [-0.05, 0) is 18.2 Å². The lowest BCUT2D eigenvalue weighted by Crippen LogP contribution is -2.40. The molecule has 1 aliphatic heterocycles. The first-order valence-electron chi connectivity index (χ1n) is 6.37. The van der Waals surface area contributed by atoms with E-state index in [4.69, 9.17) is 11.2 Å². The van der Waals surface area contributed by atoms with Crippen molar-refractivity contribution >= 4 is 11.9 Å². The number of benzene rings is 1. The molecule has 2 atom stereocenters. The smallest absolute Gasteiger partial charge is 0.326 e. The molecule has 6 heteroatoms. The number of carbonyl (C=O) groups excluding carboxylic acids is 1. The third-order valence-corrected chi connectivity index (χ3v) is 3.28. The Bertz CT molecular complexity index is 596. The first-order chi connectivity index (χ1) is 10.0. The van der Waals surface area contributed by atoms with E-state index >= 15 is 0 Å². The Morgan fingerprint density at radius 3 is 2.90 bits per heavy atom. The topological polar surface area (TPSA) is 66.8 Å². The van der Waals surface area contributed by atoms with Crippen LogP contribution < -0.4 is 0 Å². The standard InChI is InChI=1S/C15H14FNO4/c1-2-6-21-12-8-13(15(19)20)17(9-12)14(18)10-4-3-5-11(16)7-10/h1,3-5,7,12-13H,6,8-9H2,(H,19,20). The van der Waals surface area contributed by atoms with E-state index in [0.717, 1.165) is 6.07 Å². The van der Waals surface area contributed by atoms with Gasteiger partial charge in [-0.25, -0.2) is 9.18 Å². The summed E-state index contributed by atoms with van der Waals surface area (Å²) in [5, 5.41) is 9.21. The molecule has 0 saturated carbocycles. The summed E-state index contributed by atoms with van der Waals surface area (Å²) in [6, 6.07) is 4.15. The molecule has 1 aromatic carbocycles. The average molecular weight is 291 g/mol. The first kappa shape index (κ1) is 15.0. The summed E-state index contributed by atoms with van der Waals surface area (Å²) in [7, 11) is 0. The van der Waals surface area contributed by atoms with Gasteiger partial charge in [0.05, 0.1) is 6.10 Å². The van der Waals surface area contributed by atoms with Crippen molar-refractivity contribution < 1.29 is 23.8 Å². The molecule has 1 fully saturated rings. The summed E-state index contributed by atoms with van der Waals surface area (Å²) >= 11 is 0. The van der Waals surface area contributed by atoms with Gasteiger partial charge < -0.3 is 14.7 Å². The number of aliphatic carboxylic acids is 1. The van der Waals surface area contributed by atoms with Gasteiger partial charge in [-0.1, -0.05) is 12.0 Å². The van der Waals surface area contributed by atoms with Crippen LogP contribution in [0.2, 0.25) is 0 Å². The van der Waals surface area contributed by atoms with Crippen molar-refractivity contribution in [3.05, 3.63) is 35.6 Å². The van der Waals surface area contributed by atoms with Crippen molar-refractivity contribution in [1.29, 1.82) is 0 Å². The molecule has 1 aromatic rings. The van der Waals surface area contributed by atoms with Gasteiger partial charge in [-0.3, -0.25) is 4.79 Å². The summed E-state index contributed by atoms with van der Waals surface area (Å²) < 4.78 is 18.5. The van der Waals surface area contributed by atoms with Crippen molar-refractivity contribution in [2.45, 2.75) is 18.6 Å². The van der Waals surface area contributed by atoms with Gasteiger partial charge in [0.2, 0.25) is 0 Å². The molecule has 1 aliphatic rings. The molecule has 2 unspecified atom stereocenters. The van der Waals surface area contributed by atoms with Crippen LogP contribution in [0, 0.1) is 18.2 Å². The van der Waals surface area contributed by atoms with Crippen molar-refractivity contribution in [2.24, 2.45) is 0 Å². The van der Waals surface area contributed by atoms with Crippen LogP contribution in [0.3, 0.4) is 0 Å². The van der Waals surface area contributed by atoms with E-state index in [1.54, 1.807) is 0 Å². The van der Waals surface area contributed by atoms with Crippen LogP contribution in [0.25, 0.3) is 0 Å². The highest BCUT2D eigenvalue weighted by Gasteiger charge is 2.40. The normalized spacial score (nSPS) is 21.0. The maximum atomic E-state index is 13.2. The zero-order valence-corrected chi connectivity index (χ0v) is 11.2. The molecular weight excluding hydrogens is 277 g/mol. The van der Waals surface area contributed by atoms with E-state index in [1.165, 1.54) is 23.1 Å². The number of terminal acetylenes is 1. The lowest BCUT2D eigenvalue weighted by Gasteiger charge is -2.21. The third-order valence-electron chi connectivity index (χ3n) is 3.28. The monoisotopic (exact) mass is 291 g/mol. The van der Waals surface area contributed by atoms with E-state index in [1.807, 2.05) is 0 Å². The van der Waals surface area contributed by atoms with Crippen molar-refractivity contribution in [3.8, 4) is 12.3 Å². The molecule has 21 heavy (non-hydrogen) atoms. The van der Waals surface area contributed by atoms with E-state index in [9.17, 15) is 19.1 Å². The summed E-state index contributed by atoms with van der Waals surface area (Å²) in [6.45, 7) is 0.174. The minimum Gasteiger partial charge on any atom is -0.480 e. The number of likely N-dealkylation sites (tertiary alicyclic amines) is 1. The van der Waals surface area contributed by atoms with Crippen LogP contribution in [0.15, 0.2) is 24.3 Å². The SMILES string of the molecule is C#CCOC1CC(C(=O)O)N(C(=O)c2cccc(F)c2)C1. The first-order valence-corrected chi connectivity index (χ1v) is 6.37. The van der Waals surface area contributed by atoms with Crippen molar-refractivity contribution in [3.63, 3.8) is 0 Å². The Hall–Kier alpha value is -2.39. The fraction of sp³-hybridized carbons (Fsp3) is 0.333. The largest absolute Gasteiger partial charge is 0.480 e. The molecule has 0 aliphatic carbocycles. The number of hydrogen-bond acceptors (Lipinski definition) is 3. The van der Waals surface area contributed by atoms with Crippen LogP contribution in [-0.2, 0) is 9.53 Å². The predicted octanol–water partition coefficient (Wildman–Crippen LogP) is 1.14. The van der Waals surface area contributed by atoms with Gasteiger partial charge >= 0.3 is 5.97 Å². The van der Waals surface area contributed by atoms with Crippen molar-refractivity contribution in [2.75, 3.05) is 13.2 Å². The summed E-state index contributed by atoms with van der Waals surface area (Å²) in [6.07, 6.45) is 4.82. The van der Waals surface area contributed by atoms with Crippen LogP contribution >= 0.6 is 0 Å². The molecule has 2 rings (SSSR count). The minimum atomic E-state index is -1.12. The Morgan fingerprint density at radius 2 is 2.29 bits per heavy atom. The van der Waals surface area contributed by atoms with Gasteiger partial charge in [0.1, 0.15) is 18.5 Å². The lowest BCUT2D eigenvalue weighted by molar-refractivity contribution is -0.141. The van der Waals surface area contributed by atoms with Crippen LogP contribution in [0.1, 0.15) is 16.8 Å². The molecule has 1 saturated heterocycles. The highest BCUT2D eigenvalue weighted by atomic mass is 19.1. The van der Waals surface area contributed by atoms with Gasteiger partial charge in [-0.15, -0.1) is 6.42 Å². The molecular formula is C15H14FNO4. The third kappa shape index (κ3) is 3.38. The van der Waals surface area contributed by atoms with Crippen LogP contribution in [0.4, 0.5) is 4.39 Å². The summed E-state index contributed by atoms with van der Waals surface area (Å²) in [5.41, 5.74) is 0.110. The van der Waals surface area contributed by atoms with E-state index in [2.05, 4.69) is 5.92 Å². The van der Waals surface area contributed by atoms with Gasteiger partial charge in [-0.2, -0.15) is 0 Å². The fourth-order valence-electron chi connectivity index (χ4n) is 2.33. The Labute approximate surface area is 121 Å². The Balaban J connectivity index is 2.18. The number of rotatable bonds is 4. The molecule has 1 N–H and O–H groups in total. The van der Waals surface area contributed by atoms with E-state index in [-0.39, 0.29) is 25.1 Å². The molecule has 5 nitrogen and oxygen atoms in total. The average Bonchev–Trinajstić information content (AvgIpc) is 2.88. The number of amides is 1. The second-order valence-corrected chi connectivity index (χ2v) is 4.69. The van der Waals surface area contributed by atoms with Crippen LogP contribution in [0.5, 0.6) is 0 Å². The number of carbonyl (C=O) groups is 2. The molecule has 1 heterocycles. The Kier molecular flexibility index (Phi) is 4.55. The minimum absolute atomic E-state index is 0.0546. The number of halogens is 1. The number of hydrogen-bond donors (Lipinski definition) is 1. The highest BCUT2D eigenvalue weighted by Crippen LogP contribution is 2.23. The maximum Gasteiger partial charge on any atom is 0.326 e. The second-order valence-electron chi connectivity index (χ2n) is 4.69. The molecule has 0 spiro atoms. The lowest BCUT2D eigenvalue weighted by atomic mass is 10.1. The van der Waals surface area contributed by atoms with Gasteiger partial charge in [0, 0.05) is 18.5 Å². The maximum absolute atomic E-state index is 13.2. The van der Waals surface area contributed by atoms with E-state index < -0.39 is 29.8 Å².